The van der Waals surface area contributed by atoms with Crippen LogP contribution in [-0.2, 0) is 11.2 Å². The Balaban J connectivity index is 2.50. The van der Waals surface area contributed by atoms with Crippen molar-refractivity contribution in [2.45, 2.75) is 59.4 Å². The van der Waals surface area contributed by atoms with Gasteiger partial charge in [0, 0.05) is 17.6 Å². The lowest BCUT2D eigenvalue weighted by molar-refractivity contribution is -0.122. The number of nitrogens with two attached hydrogens (primary N) is 1. The van der Waals surface area contributed by atoms with Crippen LogP contribution in [0.5, 0.6) is 0 Å². The van der Waals surface area contributed by atoms with E-state index in [1.165, 1.54) is 0 Å². The number of para-hydroxylation sites is 1. The fraction of sp³-hybridized carbons (Fsp3) is 0.588. The normalized spacial score (nSPS) is 12.2. The second-order valence-corrected chi connectivity index (χ2v) is 7.37. The van der Waals surface area contributed by atoms with Crippen LogP contribution >= 0.6 is 0 Å². The maximum absolute atomic E-state index is 12.1. The number of amides is 1. The molecule has 0 aliphatic heterocycles. The molecule has 0 radical (unpaired) electrons. The summed E-state index contributed by atoms with van der Waals surface area (Å²) in [6.45, 7) is 10.7. The van der Waals surface area contributed by atoms with E-state index in [-0.39, 0.29) is 16.9 Å². The third kappa shape index (κ3) is 6.09. The molecule has 1 aromatic rings. The molecule has 0 bridgehead atoms. The molecule has 0 saturated carbocycles. The van der Waals surface area contributed by atoms with Gasteiger partial charge in [-0.2, -0.15) is 0 Å². The Kier molecular flexibility index (Phi) is 5.21. The molecule has 1 rings (SSSR count). The predicted molar refractivity (Wildman–Crippen MR) is 85.5 cm³/mol. The van der Waals surface area contributed by atoms with Gasteiger partial charge in [0.25, 0.3) is 0 Å². The van der Waals surface area contributed by atoms with Crippen molar-refractivity contribution < 1.29 is 4.79 Å². The largest absolute Gasteiger partial charge is 0.399 e. The molecule has 3 N–H and O–H groups in total. The average Bonchev–Trinajstić information content (AvgIpc) is 2.23. The smallest absolute Gasteiger partial charge is 0.220 e. The summed E-state index contributed by atoms with van der Waals surface area (Å²) < 4.78 is 0. The average molecular weight is 276 g/mol. The van der Waals surface area contributed by atoms with Crippen LogP contribution in [0.4, 0.5) is 5.69 Å². The Morgan fingerprint density at radius 2 is 1.75 bits per heavy atom. The maximum Gasteiger partial charge on any atom is 0.220 e. The van der Waals surface area contributed by atoms with Crippen molar-refractivity contribution in [2.24, 2.45) is 5.41 Å². The number of hydrogen-bond donors (Lipinski definition) is 2. The monoisotopic (exact) mass is 276 g/mol. The lowest BCUT2D eigenvalue weighted by Gasteiger charge is -2.33. The van der Waals surface area contributed by atoms with E-state index in [0.29, 0.717) is 12.8 Å². The highest BCUT2D eigenvalue weighted by atomic mass is 16.1. The van der Waals surface area contributed by atoms with E-state index in [2.05, 4.69) is 39.9 Å². The molecule has 20 heavy (non-hydrogen) atoms. The predicted octanol–water partition coefficient (Wildman–Crippen LogP) is 3.53. The molecule has 3 heteroatoms. The fourth-order valence-corrected chi connectivity index (χ4v) is 2.82. The number of hydrogen-bond acceptors (Lipinski definition) is 2. The Morgan fingerprint density at radius 1 is 1.15 bits per heavy atom. The van der Waals surface area contributed by atoms with Crippen molar-refractivity contribution in [2.75, 3.05) is 5.73 Å². The molecule has 0 fully saturated rings. The molecule has 0 saturated heterocycles. The second-order valence-electron chi connectivity index (χ2n) is 7.37. The number of nitrogen functional groups attached to an aromatic ring is 1. The first-order valence-corrected chi connectivity index (χ1v) is 7.23. The fourth-order valence-electron chi connectivity index (χ4n) is 2.82. The second kappa shape index (κ2) is 6.29. The third-order valence-electron chi connectivity index (χ3n) is 3.13. The molecule has 0 atom stereocenters. The molecular weight excluding hydrogens is 248 g/mol. The summed E-state index contributed by atoms with van der Waals surface area (Å²) in [4.78, 5) is 12.1. The van der Waals surface area contributed by atoms with Crippen LogP contribution < -0.4 is 11.1 Å². The number of aryl methyl sites for hydroxylation is 1. The quantitative estimate of drug-likeness (QED) is 0.808. The SMILES string of the molecule is CC(C)(C)CC(C)(C)NC(=O)CCc1ccccc1N. The van der Waals surface area contributed by atoms with Gasteiger partial charge in [-0.05, 0) is 43.7 Å². The number of rotatable bonds is 5. The highest BCUT2D eigenvalue weighted by Gasteiger charge is 2.26. The standard InChI is InChI=1S/C17H28N2O/c1-16(2,3)12-17(4,5)19-15(20)11-10-13-8-6-7-9-14(13)18/h6-9H,10-12,18H2,1-5H3,(H,19,20). The van der Waals surface area contributed by atoms with Gasteiger partial charge in [0.15, 0.2) is 0 Å². The molecule has 0 heterocycles. The summed E-state index contributed by atoms with van der Waals surface area (Å²) in [7, 11) is 0. The molecule has 1 aromatic carbocycles. The van der Waals surface area contributed by atoms with Crippen molar-refractivity contribution >= 4 is 11.6 Å². The lowest BCUT2D eigenvalue weighted by Crippen LogP contribution is -2.45. The van der Waals surface area contributed by atoms with Gasteiger partial charge in [0.2, 0.25) is 5.91 Å². The van der Waals surface area contributed by atoms with Crippen molar-refractivity contribution in [1.29, 1.82) is 0 Å². The van der Waals surface area contributed by atoms with Gasteiger partial charge in [-0.15, -0.1) is 0 Å². The summed E-state index contributed by atoms with van der Waals surface area (Å²) in [6, 6.07) is 7.71. The maximum atomic E-state index is 12.1. The first-order valence-electron chi connectivity index (χ1n) is 7.23. The number of carbonyl (C=O) groups excluding carboxylic acids is 1. The van der Waals surface area contributed by atoms with Gasteiger partial charge in [-0.1, -0.05) is 39.0 Å². The number of carbonyl (C=O) groups is 1. The highest BCUT2D eigenvalue weighted by Crippen LogP contribution is 2.26. The van der Waals surface area contributed by atoms with Crippen molar-refractivity contribution in [3.05, 3.63) is 29.8 Å². The Morgan fingerprint density at radius 3 is 2.30 bits per heavy atom. The number of nitrogens with one attached hydrogen (secondary N) is 1. The van der Waals surface area contributed by atoms with Crippen LogP contribution in [0.3, 0.4) is 0 Å². The van der Waals surface area contributed by atoms with Crippen LogP contribution in [0.1, 0.15) is 53.0 Å². The van der Waals surface area contributed by atoms with E-state index in [9.17, 15) is 4.79 Å². The Labute approximate surface area is 122 Å². The minimum atomic E-state index is -0.183. The van der Waals surface area contributed by atoms with Gasteiger partial charge < -0.3 is 11.1 Å². The topological polar surface area (TPSA) is 55.1 Å². The summed E-state index contributed by atoms with van der Waals surface area (Å²) >= 11 is 0. The van der Waals surface area contributed by atoms with E-state index in [1.54, 1.807) is 0 Å². The zero-order valence-corrected chi connectivity index (χ0v) is 13.4. The van der Waals surface area contributed by atoms with Crippen LogP contribution in [0.15, 0.2) is 24.3 Å². The molecule has 0 aliphatic carbocycles. The minimum absolute atomic E-state index is 0.0857. The van der Waals surface area contributed by atoms with Crippen LogP contribution in [0, 0.1) is 5.41 Å². The van der Waals surface area contributed by atoms with Crippen molar-refractivity contribution in [3.8, 4) is 0 Å². The van der Waals surface area contributed by atoms with E-state index in [0.717, 1.165) is 17.7 Å². The van der Waals surface area contributed by atoms with E-state index in [1.807, 2.05) is 24.3 Å². The molecule has 0 aliphatic rings. The summed E-state index contributed by atoms with van der Waals surface area (Å²) in [5.74, 6) is 0.0857. The molecule has 0 spiro atoms. The molecule has 112 valence electrons. The van der Waals surface area contributed by atoms with E-state index >= 15 is 0 Å². The molecule has 3 nitrogen and oxygen atoms in total. The van der Waals surface area contributed by atoms with E-state index < -0.39 is 0 Å². The Hall–Kier alpha value is -1.51. The number of anilines is 1. The van der Waals surface area contributed by atoms with Crippen molar-refractivity contribution in [3.63, 3.8) is 0 Å². The van der Waals surface area contributed by atoms with Gasteiger partial charge in [-0.3, -0.25) is 4.79 Å². The van der Waals surface area contributed by atoms with Gasteiger partial charge in [-0.25, -0.2) is 0 Å². The van der Waals surface area contributed by atoms with Crippen molar-refractivity contribution in [1.82, 2.24) is 5.32 Å². The van der Waals surface area contributed by atoms with E-state index in [4.69, 9.17) is 5.73 Å². The first-order chi connectivity index (χ1) is 9.09. The third-order valence-corrected chi connectivity index (χ3v) is 3.13. The minimum Gasteiger partial charge on any atom is -0.399 e. The van der Waals surface area contributed by atoms with Gasteiger partial charge in [0.05, 0.1) is 0 Å². The highest BCUT2D eigenvalue weighted by molar-refractivity contribution is 5.77. The van der Waals surface area contributed by atoms with Crippen LogP contribution in [0.2, 0.25) is 0 Å². The lowest BCUT2D eigenvalue weighted by atomic mass is 9.81. The molecule has 1 amide bonds. The zero-order chi connectivity index (χ0) is 15.4. The van der Waals surface area contributed by atoms with Gasteiger partial charge >= 0.3 is 0 Å². The molecule has 0 aromatic heterocycles. The number of benzene rings is 1. The summed E-state index contributed by atoms with van der Waals surface area (Å²) in [6.07, 6.45) is 2.10. The van der Waals surface area contributed by atoms with Crippen LogP contribution in [-0.4, -0.2) is 11.4 Å². The molecular formula is C17H28N2O. The van der Waals surface area contributed by atoms with Gasteiger partial charge in [0.1, 0.15) is 0 Å². The summed E-state index contributed by atoms with van der Waals surface area (Å²) in [5.41, 5.74) is 7.69. The zero-order valence-electron chi connectivity index (χ0n) is 13.4. The Bertz CT molecular complexity index is 458. The first kappa shape index (κ1) is 16.5. The van der Waals surface area contributed by atoms with Crippen LogP contribution in [0.25, 0.3) is 0 Å². The summed E-state index contributed by atoms with van der Waals surface area (Å²) in [5, 5.41) is 3.12. The molecule has 0 unspecified atom stereocenters.